The quantitative estimate of drug-likeness (QED) is 0.0423. The second kappa shape index (κ2) is 31.0. The summed E-state index contributed by atoms with van der Waals surface area (Å²) in [5.41, 5.74) is 6.81. The monoisotopic (exact) mass is 925 g/mol. The predicted octanol–water partition coefficient (Wildman–Crippen LogP) is 13.5. The van der Waals surface area contributed by atoms with Crippen LogP contribution in [-0.2, 0) is 23.8 Å². The Balaban J connectivity index is 1.79. The van der Waals surface area contributed by atoms with Crippen LogP contribution in [0.15, 0.2) is 142 Å². The molecule has 1 aliphatic carbocycles. The number of carbonyl (C=O) groups excluding carboxylic acids is 2. The lowest BCUT2D eigenvalue weighted by Gasteiger charge is -2.42. The topological polar surface area (TPSA) is 123 Å². The molecule has 1 fully saturated rings. The average molecular weight is 925 g/mol. The number of ether oxygens (including phenoxy) is 3. The third-order valence-electron chi connectivity index (χ3n) is 12.2. The summed E-state index contributed by atoms with van der Waals surface area (Å²) in [6.45, 7) is 24.6. The standard InChI is InChI=1S/C59H88O8/c1-43(2)26-18-16-14-13-15-17-19-36-53(61)65-42-52-54(62)55(63)56(64)57(66-52)67-59(11,12)40-25-35-47(6)33-23-32-46(5)31-22-29-44(3)27-20-21-28-45(4)30-24-34-48(7)37-38-50-49(8)51(60)39-41-58(50,9)10/h20-25,27-35,37-38,43,52,54-57,62-64H,13-19,26,36,39-42H2,1-12H3. The largest absolute Gasteiger partial charge is 0.463 e. The zero-order valence-corrected chi connectivity index (χ0v) is 43.4. The first-order chi connectivity index (χ1) is 31.6. The van der Waals surface area contributed by atoms with E-state index in [1.54, 1.807) is 0 Å². The second-order valence-electron chi connectivity index (χ2n) is 20.3. The first-order valence-corrected chi connectivity index (χ1v) is 24.8. The molecule has 67 heavy (non-hydrogen) atoms. The van der Waals surface area contributed by atoms with Crippen LogP contribution < -0.4 is 0 Å². The Morgan fingerprint density at radius 3 is 1.76 bits per heavy atom. The fourth-order valence-corrected chi connectivity index (χ4v) is 7.71. The van der Waals surface area contributed by atoms with Gasteiger partial charge < -0.3 is 29.5 Å². The van der Waals surface area contributed by atoms with Crippen molar-refractivity contribution in [2.45, 2.75) is 196 Å². The van der Waals surface area contributed by atoms with Crippen molar-refractivity contribution in [1.82, 2.24) is 0 Å². The van der Waals surface area contributed by atoms with E-state index in [1.165, 1.54) is 32.1 Å². The van der Waals surface area contributed by atoms with E-state index in [-0.39, 0.29) is 30.2 Å². The SMILES string of the molecule is CC(C=CC=C(C)C=CC=C(C)C=CCC(C)(C)OC1OC(COC(=O)CCCCCCCCCC(C)C)C(O)C(O)C1O)=CC=CC=C(C)C=CC=C(C)C=CC1=C(C)C(=O)CCC1(C)C. The van der Waals surface area contributed by atoms with E-state index >= 15 is 0 Å². The molecule has 0 aromatic carbocycles. The lowest BCUT2D eigenvalue weighted by Crippen LogP contribution is -2.60. The highest BCUT2D eigenvalue weighted by molar-refractivity contribution is 5.97. The molecule has 5 atom stereocenters. The molecule has 2 aliphatic rings. The maximum Gasteiger partial charge on any atom is 0.305 e. The molecule has 0 aromatic heterocycles. The van der Waals surface area contributed by atoms with Crippen molar-refractivity contribution in [1.29, 1.82) is 0 Å². The molecule has 1 heterocycles. The van der Waals surface area contributed by atoms with Crippen LogP contribution in [0.3, 0.4) is 0 Å². The zero-order chi connectivity index (χ0) is 50.0. The summed E-state index contributed by atoms with van der Waals surface area (Å²) in [6, 6.07) is 0. The minimum Gasteiger partial charge on any atom is -0.463 e. The molecular formula is C59H88O8. The Labute approximate surface area is 406 Å². The first-order valence-electron chi connectivity index (χ1n) is 24.8. The van der Waals surface area contributed by atoms with Gasteiger partial charge in [0.1, 0.15) is 31.0 Å². The summed E-state index contributed by atoms with van der Waals surface area (Å²) in [4.78, 5) is 24.6. The molecule has 0 aromatic rings. The van der Waals surface area contributed by atoms with Gasteiger partial charge in [0, 0.05) is 12.8 Å². The number of aliphatic hydroxyl groups is 3. The van der Waals surface area contributed by atoms with Crippen LogP contribution in [0, 0.1) is 11.3 Å². The van der Waals surface area contributed by atoms with Crippen LogP contribution in [0.1, 0.15) is 160 Å². The van der Waals surface area contributed by atoms with Gasteiger partial charge in [-0.1, -0.05) is 204 Å². The number of rotatable bonds is 27. The van der Waals surface area contributed by atoms with E-state index < -0.39 is 36.3 Å². The van der Waals surface area contributed by atoms with Gasteiger partial charge in [-0.25, -0.2) is 0 Å². The number of unbranched alkanes of at least 4 members (excludes halogenated alkanes) is 6. The van der Waals surface area contributed by atoms with E-state index in [9.17, 15) is 24.9 Å². The third-order valence-corrected chi connectivity index (χ3v) is 12.2. The molecule has 2 rings (SSSR count). The van der Waals surface area contributed by atoms with E-state index in [2.05, 4.69) is 110 Å². The van der Waals surface area contributed by atoms with E-state index in [0.717, 1.165) is 70.6 Å². The van der Waals surface area contributed by atoms with Crippen LogP contribution in [-0.4, -0.2) is 70.0 Å². The van der Waals surface area contributed by atoms with Crippen LogP contribution in [0.4, 0.5) is 0 Å². The number of hydrogen-bond donors (Lipinski definition) is 3. The number of Topliss-reactive ketones (excluding diaryl/α,β-unsaturated/α-hetero) is 1. The van der Waals surface area contributed by atoms with Crippen molar-refractivity contribution in [3.63, 3.8) is 0 Å². The number of ketones is 1. The molecule has 1 aliphatic heterocycles. The number of esters is 1. The molecule has 0 bridgehead atoms. The smallest absolute Gasteiger partial charge is 0.305 e. The molecule has 0 saturated carbocycles. The van der Waals surface area contributed by atoms with E-state index in [4.69, 9.17) is 14.2 Å². The summed E-state index contributed by atoms with van der Waals surface area (Å²) >= 11 is 0. The van der Waals surface area contributed by atoms with Crippen LogP contribution in [0.25, 0.3) is 0 Å². The Hall–Kier alpha value is -4.18. The molecular weight excluding hydrogens is 837 g/mol. The Morgan fingerprint density at radius 1 is 0.716 bits per heavy atom. The second-order valence-corrected chi connectivity index (χ2v) is 20.3. The highest BCUT2D eigenvalue weighted by Crippen LogP contribution is 2.39. The van der Waals surface area contributed by atoms with Crippen molar-refractivity contribution < 1.29 is 39.1 Å². The van der Waals surface area contributed by atoms with Crippen molar-refractivity contribution in [3.05, 3.63) is 142 Å². The predicted molar refractivity (Wildman–Crippen MR) is 278 cm³/mol. The minimum absolute atomic E-state index is 0.0177. The van der Waals surface area contributed by atoms with Gasteiger partial charge in [-0.15, -0.1) is 0 Å². The highest BCUT2D eigenvalue weighted by atomic mass is 16.7. The molecule has 0 radical (unpaired) electrons. The average Bonchev–Trinajstić information content (AvgIpc) is 3.25. The molecule has 1 saturated heterocycles. The van der Waals surface area contributed by atoms with Gasteiger partial charge in [0.15, 0.2) is 12.1 Å². The molecule has 0 amide bonds. The lowest BCUT2D eigenvalue weighted by atomic mass is 9.72. The van der Waals surface area contributed by atoms with E-state index in [1.807, 2.05) is 76.3 Å². The van der Waals surface area contributed by atoms with Gasteiger partial charge in [0.2, 0.25) is 0 Å². The van der Waals surface area contributed by atoms with Gasteiger partial charge in [0.25, 0.3) is 0 Å². The van der Waals surface area contributed by atoms with Crippen molar-refractivity contribution in [2.75, 3.05) is 6.61 Å². The Kier molecular flexibility index (Phi) is 27.3. The van der Waals surface area contributed by atoms with Crippen LogP contribution in [0.2, 0.25) is 0 Å². The van der Waals surface area contributed by atoms with Gasteiger partial charge in [0.05, 0.1) is 5.60 Å². The Bertz CT molecular complexity index is 1930. The number of allylic oxidation sites excluding steroid dienone is 23. The van der Waals surface area contributed by atoms with Crippen molar-refractivity contribution >= 4 is 11.8 Å². The third kappa shape index (κ3) is 24.6. The van der Waals surface area contributed by atoms with Gasteiger partial charge in [-0.05, 0) is 97.1 Å². The van der Waals surface area contributed by atoms with Crippen molar-refractivity contribution in [2.24, 2.45) is 11.3 Å². The normalized spacial score (nSPS) is 23.3. The maximum atomic E-state index is 12.4. The number of hydrogen-bond acceptors (Lipinski definition) is 8. The van der Waals surface area contributed by atoms with Crippen LogP contribution >= 0.6 is 0 Å². The first kappa shape index (κ1) is 58.9. The summed E-state index contributed by atoms with van der Waals surface area (Å²) < 4.78 is 17.4. The van der Waals surface area contributed by atoms with Crippen LogP contribution in [0.5, 0.6) is 0 Å². The highest BCUT2D eigenvalue weighted by Gasteiger charge is 2.46. The molecule has 372 valence electrons. The molecule has 3 N–H and O–H groups in total. The summed E-state index contributed by atoms with van der Waals surface area (Å²) in [6.07, 6.45) is 39.6. The summed E-state index contributed by atoms with van der Waals surface area (Å²) in [5, 5.41) is 31.8. The van der Waals surface area contributed by atoms with Gasteiger partial charge in [-0.2, -0.15) is 0 Å². The van der Waals surface area contributed by atoms with Gasteiger partial charge >= 0.3 is 5.97 Å². The van der Waals surface area contributed by atoms with Crippen molar-refractivity contribution in [3.8, 4) is 0 Å². The fraction of sp³-hybridized carbons (Fsp3) is 0.559. The fourth-order valence-electron chi connectivity index (χ4n) is 7.71. The zero-order valence-electron chi connectivity index (χ0n) is 43.4. The lowest BCUT2D eigenvalue weighted by molar-refractivity contribution is -0.323. The number of aliphatic hydroxyl groups excluding tert-OH is 3. The van der Waals surface area contributed by atoms with E-state index in [0.29, 0.717) is 12.8 Å². The molecule has 5 unspecified atom stereocenters. The molecule has 0 spiro atoms. The summed E-state index contributed by atoms with van der Waals surface area (Å²) in [5.74, 6) is 0.641. The molecule has 8 heteroatoms. The Morgan fingerprint density at radius 2 is 1.21 bits per heavy atom. The summed E-state index contributed by atoms with van der Waals surface area (Å²) in [7, 11) is 0. The minimum atomic E-state index is -1.51. The van der Waals surface area contributed by atoms with Gasteiger partial charge in [-0.3, -0.25) is 9.59 Å². The number of carbonyl (C=O) groups is 2. The maximum absolute atomic E-state index is 12.4. The molecule has 8 nitrogen and oxygen atoms in total.